The highest BCUT2D eigenvalue weighted by atomic mass is 32.1. The minimum absolute atomic E-state index is 0.259. The molecule has 0 amide bonds. The maximum Gasteiger partial charge on any atom is 0.142 e. The maximum absolute atomic E-state index is 5.71. The molecule has 0 aliphatic heterocycles. The Bertz CT molecular complexity index is 728. The largest absolute Gasteiger partial charge is 0.495 e. The molecule has 0 aliphatic carbocycles. The van der Waals surface area contributed by atoms with Gasteiger partial charge in [0.25, 0.3) is 0 Å². The van der Waals surface area contributed by atoms with Crippen LogP contribution in [0.4, 0.5) is 0 Å². The van der Waals surface area contributed by atoms with Crippen LogP contribution < -0.4 is 16.0 Å². The smallest absolute Gasteiger partial charge is 0.142 e. The van der Waals surface area contributed by atoms with Crippen molar-refractivity contribution < 1.29 is 4.74 Å². The van der Waals surface area contributed by atoms with E-state index in [4.69, 9.17) is 10.6 Å². The van der Waals surface area contributed by atoms with Gasteiger partial charge in [0.05, 0.1) is 23.4 Å². The van der Waals surface area contributed by atoms with Crippen LogP contribution in [0.2, 0.25) is 0 Å². The zero-order valence-corrected chi connectivity index (χ0v) is 11.7. The second kappa shape index (κ2) is 5.54. The minimum atomic E-state index is -0.259. The van der Waals surface area contributed by atoms with Crippen molar-refractivity contribution in [3.8, 4) is 5.75 Å². The Morgan fingerprint density at radius 2 is 2.25 bits per heavy atom. The standard InChI is InChI=1S/C14H14N4OS/c1-19-11-3-2-5-16-14(11)13(18-15)9-7-12-10(17-8-9)4-6-20-12/h2-8,13,18H,15H2,1H3. The molecule has 1 unspecified atom stereocenters. The Labute approximate surface area is 120 Å². The molecule has 5 nitrogen and oxygen atoms in total. The van der Waals surface area contributed by atoms with Crippen LogP contribution in [0.3, 0.4) is 0 Å². The summed E-state index contributed by atoms with van der Waals surface area (Å²) < 4.78 is 6.47. The summed E-state index contributed by atoms with van der Waals surface area (Å²) in [6.07, 6.45) is 3.53. The SMILES string of the molecule is COc1cccnc1C(NN)c1cnc2ccsc2c1. The Kier molecular flexibility index (Phi) is 3.60. The van der Waals surface area contributed by atoms with Crippen LogP contribution in [0.5, 0.6) is 5.75 Å². The Hall–Kier alpha value is -2.02. The molecule has 20 heavy (non-hydrogen) atoms. The number of rotatable bonds is 4. The summed E-state index contributed by atoms with van der Waals surface area (Å²) in [5.74, 6) is 6.41. The molecule has 0 bridgehead atoms. The zero-order valence-electron chi connectivity index (χ0n) is 10.9. The highest BCUT2D eigenvalue weighted by Gasteiger charge is 2.19. The lowest BCUT2D eigenvalue weighted by Gasteiger charge is -2.17. The first-order valence-corrected chi connectivity index (χ1v) is 6.99. The van der Waals surface area contributed by atoms with Crippen LogP contribution in [-0.4, -0.2) is 17.1 Å². The lowest BCUT2D eigenvalue weighted by atomic mass is 10.0. The van der Waals surface area contributed by atoms with E-state index in [-0.39, 0.29) is 6.04 Å². The molecule has 0 spiro atoms. The van der Waals surface area contributed by atoms with Crippen molar-refractivity contribution in [2.45, 2.75) is 6.04 Å². The van der Waals surface area contributed by atoms with Gasteiger partial charge in [0.15, 0.2) is 0 Å². The number of pyridine rings is 2. The summed E-state index contributed by atoms with van der Waals surface area (Å²) >= 11 is 1.65. The van der Waals surface area contributed by atoms with E-state index in [0.717, 1.165) is 21.5 Å². The van der Waals surface area contributed by atoms with Gasteiger partial charge in [-0.1, -0.05) is 0 Å². The molecule has 3 aromatic heterocycles. The maximum atomic E-state index is 5.71. The molecule has 0 saturated carbocycles. The normalized spacial score (nSPS) is 12.5. The topological polar surface area (TPSA) is 73.1 Å². The first-order chi connectivity index (χ1) is 9.83. The second-order valence-electron chi connectivity index (χ2n) is 4.26. The van der Waals surface area contributed by atoms with E-state index < -0.39 is 0 Å². The first kappa shape index (κ1) is 13.0. The third kappa shape index (κ3) is 2.24. The summed E-state index contributed by atoms with van der Waals surface area (Å²) in [6, 6.07) is 7.51. The summed E-state index contributed by atoms with van der Waals surface area (Å²) in [5.41, 5.74) is 5.48. The fourth-order valence-electron chi connectivity index (χ4n) is 2.14. The Morgan fingerprint density at radius 1 is 1.35 bits per heavy atom. The number of nitrogens with one attached hydrogen (secondary N) is 1. The predicted octanol–water partition coefficient (Wildman–Crippen LogP) is 2.25. The minimum Gasteiger partial charge on any atom is -0.495 e. The average molecular weight is 286 g/mol. The first-order valence-electron chi connectivity index (χ1n) is 6.11. The van der Waals surface area contributed by atoms with Crippen molar-refractivity contribution in [3.05, 3.63) is 53.3 Å². The molecule has 3 N–H and O–H groups in total. The highest BCUT2D eigenvalue weighted by molar-refractivity contribution is 7.17. The lowest BCUT2D eigenvalue weighted by Crippen LogP contribution is -2.30. The van der Waals surface area contributed by atoms with E-state index in [9.17, 15) is 0 Å². The Morgan fingerprint density at radius 3 is 3.05 bits per heavy atom. The van der Waals surface area contributed by atoms with Gasteiger partial charge in [-0.25, -0.2) is 5.43 Å². The number of thiophene rings is 1. The zero-order chi connectivity index (χ0) is 13.9. The van der Waals surface area contributed by atoms with Crippen LogP contribution in [0.1, 0.15) is 17.3 Å². The van der Waals surface area contributed by atoms with E-state index in [2.05, 4.69) is 21.5 Å². The summed E-state index contributed by atoms with van der Waals surface area (Å²) in [5, 5.41) is 2.02. The molecule has 3 aromatic rings. The summed E-state index contributed by atoms with van der Waals surface area (Å²) in [6.45, 7) is 0. The van der Waals surface area contributed by atoms with Crippen molar-refractivity contribution >= 4 is 21.6 Å². The molecule has 3 rings (SSSR count). The van der Waals surface area contributed by atoms with Crippen molar-refractivity contribution in [3.63, 3.8) is 0 Å². The molecule has 0 aromatic carbocycles. The fraction of sp³-hybridized carbons (Fsp3) is 0.143. The number of fused-ring (bicyclic) bond motifs is 1. The van der Waals surface area contributed by atoms with Crippen molar-refractivity contribution in [2.24, 2.45) is 5.84 Å². The van der Waals surface area contributed by atoms with Gasteiger partial charge in [-0.15, -0.1) is 11.3 Å². The quantitative estimate of drug-likeness (QED) is 0.568. The van der Waals surface area contributed by atoms with Gasteiger partial charge < -0.3 is 4.74 Å². The van der Waals surface area contributed by atoms with Crippen LogP contribution in [0.15, 0.2) is 42.0 Å². The highest BCUT2D eigenvalue weighted by Crippen LogP contribution is 2.29. The van der Waals surface area contributed by atoms with Gasteiger partial charge in [-0.3, -0.25) is 15.8 Å². The van der Waals surface area contributed by atoms with Gasteiger partial charge in [0.2, 0.25) is 0 Å². The number of aromatic nitrogens is 2. The molecular weight excluding hydrogens is 272 g/mol. The van der Waals surface area contributed by atoms with Crippen LogP contribution >= 0.6 is 11.3 Å². The fourth-order valence-corrected chi connectivity index (χ4v) is 2.93. The summed E-state index contributed by atoms with van der Waals surface area (Å²) in [7, 11) is 1.62. The third-order valence-electron chi connectivity index (χ3n) is 3.12. The molecule has 1 atom stereocenters. The lowest BCUT2D eigenvalue weighted by molar-refractivity contribution is 0.400. The second-order valence-corrected chi connectivity index (χ2v) is 5.21. The van der Waals surface area contributed by atoms with E-state index >= 15 is 0 Å². The van der Waals surface area contributed by atoms with E-state index in [0.29, 0.717) is 5.75 Å². The number of hydrogen-bond acceptors (Lipinski definition) is 6. The number of hydrogen-bond donors (Lipinski definition) is 2. The monoisotopic (exact) mass is 286 g/mol. The van der Waals surface area contributed by atoms with Gasteiger partial charge in [-0.2, -0.15) is 0 Å². The van der Waals surface area contributed by atoms with E-state index in [1.165, 1.54) is 0 Å². The van der Waals surface area contributed by atoms with Crippen LogP contribution in [0, 0.1) is 0 Å². The van der Waals surface area contributed by atoms with Crippen molar-refractivity contribution in [1.82, 2.24) is 15.4 Å². The van der Waals surface area contributed by atoms with Gasteiger partial charge in [0.1, 0.15) is 11.4 Å². The van der Waals surface area contributed by atoms with Crippen LogP contribution in [-0.2, 0) is 0 Å². The number of nitrogens with two attached hydrogens (primary N) is 1. The molecule has 3 heterocycles. The summed E-state index contributed by atoms with van der Waals surface area (Å²) in [4.78, 5) is 8.81. The van der Waals surface area contributed by atoms with Gasteiger partial charge in [0, 0.05) is 12.4 Å². The van der Waals surface area contributed by atoms with Crippen molar-refractivity contribution in [1.29, 1.82) is 0 Å². The van der Waals surface area contributed by atoms with E-state index in [1.807, 2.05) is 29.8 Å². The average Bonchev–Trinajstić information content (AvgIpc) is 2.96. The molecular formula is C14H14N4OS. The Balaban J connectivity index is 2.08. The molecule has 102 valence electrons. The predicted molar refractivity (Wildman–Crippen MR) is 79.6 cm³/mol. The number of ether oxygens (including phenoxy) is 1. The van der Waals surface area contributed by atoms with Gasteiger partial charge >= 0.3 is 0 Å². The van der Waals surface area contributed by atoms with E-state index in [1.54, 1.807) is 24.6 Å². The molecule has 0 aliphatic rings. The number of methoxy groups -OCH3 is 1. The van der Waals surface area contributed by atoms with Gasteiger partial charge in [-0.05, 0) is 35.2 Å². The molecule has 0 fully saturated rings. The number of hydrazine groups is 1. The van der Waals surface area contributed by atoms with Crippen LogP contribution in [0.25, 0.3) is 10.2 Å². The molecule has 0 radical (unpaired) electrons. The molecule has 6 heteroatoms. The number of nitrogens with zero attached hydrogens (tertiary/aromatic N) is 2. The molecule has 0 saturated heterocycles. The third-order valence-corrected chi connectivity index (χ3v) is 3.97. The van der Waals surface area contributed by atoms with Crippen molar-refractivity contribution in [2.75, 3.05) is 7.11 Å².